The van der Waals surface area contributed by atoms with E-state index in [1.807, 2.05) is 38.1 Å². The zero-order valence-electron chi connectivity index (χ0n) is 11.3. The van der Waals surface area contributed by atoms with Gasteiger partial charge in [0.05, 0.1) is 11.6 Å². The minimum absolute atomic E-state index is 0.00615. The summed E-state index contributed by atoms with van der Waals surface area (Å²) < 4.78 is 13.7. The topological polar surface area (TPSA) is 29.1 Å². The molecule has 0 radical (unpaired) electrons. The molecule has 0 aliphatic heterocycles. The lowest BCUT2D eigenvalue weighted by atomic mass is 10.1. The Labute approximate surface area is 122 Å². The first-order valence-corrected chi connectivity index (χ1v) is 6.67. The van der Waals surface area contributed by atoms with E-state index < -0.39 is 11.7 Å². The molecule has 1 atom stereocenters. The quantitative estimate of drug-likeness (QED) is 0.898. The molecule has 4 heteroatoms. The summed E-state index contributed by atoms with van der Waals surface area (Å²) in [6.45, 7) is 3.85. The largest absolute Gasteiger partial charge is 0.345 e. The maximum absolute atomic E-state index is 13.7. The van der Waals surface area contributed by atoms with Gasteiger partial charge in [-0.1, -0.05) is 41.4 Å². The second-order valence-corrected chi connectivity index (χ2v) is 5.17. The summed E-state index contributed by atoms with van der Waals surface area (Å²) in [5.74, 6) is -1.07. The van der Waals surface area contributed by atoms with Crippen LogP contribution in [0.4, 0.5) is 4.39 Å². The van der Waals surface area contributed by atoms with E-state index >= 15 is 0 Å². The Morgan fingerprint density at radius 1 is 1.20 bits per heavy atom. The fourth-order valence-corrected chi connectivity index (χ4v) is 2.05. The molecule has 0 saturated carbocycles. The molecule has 0 aliphatic rings. The lowest BCUT2D eigenvalue weighted by Crippen LogP contribution is -2.27. The summed E-state index contributed by atoms with van der Waals surface area (Å²) in [4.78, 5) is 12.0. The number of nitrogens with one attached hydrogen (secondary N) is 1. The summed E-state index contributed by atoms with van der Waals surface area (Å²) in [6.07, 6.45) is 0. The van der Waals surface area contributed by atoms with Crippen molar-refractivity contribution in [2.75, 3.05) is 0 Å². The Kier molecular flexibility index (Phi) is 4.40. The molecule has 2 aromatic rings. The molecule has 0 heterocycles. The second kappa shape index (κ2) is 6.06. The second-order valence-electron chi connectivity index (χ2n) is 4.73. The highest BCUT2D eigenvalue weighted by Gasteiger charge is 2.15. The Hall–Kier alpha value is -1.87. The number of amides is 1. The van der Waals surface area contributed by atoms with Crippen molar-refractivity contribution >= 4 is 17.5 Å². The van der Waals surface area contributed by atoms with Gasteiger partial charge in [-0.25, -0.2) is 4.39 Å². The van der Waals surface area contributed by atoms with Crippen LogP contribution in [-0.4, -0.2) is 5.91 Å². The number of hydrogen-bond acceptors (Lipinski definition) is 1. The molecule has 0 aliphatic carbocycles. The van der Waals surface area contributed by atoms with Crippen LogP contribution in [0.2, 0.25) is 5.02 Å². The van der Waals surface area contributed by atoms with Crippen molar-refractivity contribution in [3.63, 3.8) is 0 Å². The van der Waals surface area contributed by atoms with Crippen LogP contribution >= 0.6 is 11.6 Å². The predicted octanol–water partition coefficient (Wildman–Crippen LogP) is 4.28. The minimum atomic E-state index is -0.619. The lowest BCUT2D eigenvalue weighted by molar-refractivity contribution is 0.0936. The molecule has 1 N–H and O–H groups in total. The Morgan fingerprint density at radius 3 is 2.45 bits per heavy atom. The first-order valence-electron chi connectivity index (χ1n) is 6.30. The van der Waals surface area contributed by atoms with Gasteiger partial charge < -0.3 is 5.32 Å². The molecular formula is C16H15ClFNO. The highest BCUT2D eigenvalue weighted by molar-refractivity contribution is 6.30. The number of carbonyl (C=O) groups excluding carboxylic acids is 1. The summed E-state index contributed by atoms with van der Waals surface area (Å²) >= 11 is 5.67. The maximum Gasteiger partial charge on any atom is 0.254 e. The fraction of sp³-hybridized carbons (Fsp3) is 0.188. The monoisotopic (exact) mass is 291 g/mol. The van der Waals surface area contributed by atoms with Gasteiger partial charge in [-0.2, -0.15) is 0 Å². The van der Waals surface area contributed by atoms with E-state index in [0.717, 1.165) is 17.2 Å². The summed E-state index contributed by atoms with van der Waals surface area (Å²) in [5, 5.41) is 3.04. The standard InChI is InChI=1S/C16H15ClFNO/c1-10-3-5-12(6-4-10)11(2)19-16(20)14-8-7-13(17)9-15(14)18/h3-9,11H,1-2H3,(H,19,20)/t11-/m0/s1. The molecule has 2 nitrogen and oxygen atoms in total. The first-order chi connectivity index (χ1) is 9.47. The van der Waals surface area contributed by atoms with Crippen LogP contribution in [-0.2, 0) is 0 Å². The molecule has 0 saturated heterocycles. The number of hydrogen-bond donors (Lipinski definition) is 1. The molecule has 0 bridgehead atoms. The molecule has 20 heavy (non-hydrogen) atoms. The number of benzene rings is 2. The third-order valence-electron chi connectivity index (χ3n) is 3.10. The Balaban J connectivity index is 2.13. The average Bonchev–Trinajstić information content (AvgIpc) is 2.39. The van der Waals surface area contributed by atoms with Gasteiger partial charge in [-0.3, -0.25) is 4.79 Å². The van der Waals surface area contributed by atoms with Gasteiger partial charge in [0, 0.05) is 5.02 Å². The van der Waals surface area contributed by atoms with Crippen LogP contribution in [0.3, 0.4) is 0 Å². The molecule has 104 valence electrons. The van der Waals surface area contributed by atoms with Gasteiger partial charge in [0.2, 0.25) is 0 Å². The number of halogens is 2. The Morgan fingerprint density at radius 2 is 1.85 bits per heavy atom. The molecule has 0 aromatic heterocycles. The summed E-state index contributed by atoms with van der Waals surface area (Å²) in [5.41, 5.74) is 2.11. The van der Waals surface area contributed by atoms with Crippen LogP contribution in [0.1, 0.15) is 34.5 Å². The predicted molar refractivity (Wildman–Crippen MR) is 78.5 cm³/mol. The van der Waals surface area contributed by atoms with Crippen molar-refractivity contribution in [1.82, 2.24) is 5.32 Å². The van der Waals surface area contributed by atoms with Crippen LogP contribution in [0.15, 0.2) is 42.5 Å². The van der Waals surface area contributed by atoms with Crippen molar-refractivity contribution in [2.24, 2.45) is 0 Å². The van der Waals surface area contributed by atoms with Crippen molar-refractivity contribution in [1.29, 1.82) is 0 Å². The fourth-order valence-electron chi connectivity index (χ4n) is 1.89. The third-order valence-corrected chi connectivity index (χ3v) is 3.34. The van der Waals surface area contributed by atoms with Crippen LogP contribution in [0.25, 0.3) is 0 Å². The highest BCUT2D eigenvalue weighted by Crippen LogP contribution is 2.17. The van der Waals surface area contributed by atoms with Crippen LogP contribution < -0.4 is 5.32 Å². The van der Waals surface area contributed by atoms with Gasteiger partial charge in [0.15, 0.2) is 0 Å². The van der Waals surface area contributed by atoms with E-state index in [1.54, 1.807) is 0 Å². The molecule has 0 unspecified atom stereocenters. The van der Waals surface area contributed by atoms with Crippen molar-refractivity contribution in [3.05, 3.63) is 70.0 Å². The minimum Gasteiger partial charge on any atom is -0.345 e. The zero-order chi connectivity index (χ0) is 14.7. The smallest absolute Gasteiger partial charge is 0.254 e. The van der Waals surface area contributed by atoms with Crippen molar-refractivity contribution in [3.8, 4) is 0 Å². The van der Waals surface area contributed by atoms with Gasteiger partial charge in [-0.05, 0) is 37.6 Å². The zero-order valence-corrected chi connectivity index (χ0v) is 12.0. The van der Waals surface area contributed by atoms with Gasteiger partial charge in [-0.15, -0.1) is 0 Å². The summed E-state index contributed by atoms with van der Waals surface area (Å²) in [7, 11) is 0. The van der Waals surface area contributed by atoms with E-state index in [1.165, 1.54) is 12.1 Å². The van der Waals surface area contributed by atoms with Gasteiger partial charge >= 0.3 is 0 Å². The molecule has 2 rings (SSSR count). The number of rotatable bonds is 3. The van der Waals surface area contributed by atoms with Crippen molar-refractivity contribution in [2.45, 2.75) is 19.9 Å². The maximum atomic E-state index is 13.7. The molecule has 2 aromatic carbocycles. The van der Waals surface area contributed by atoms with E-state index in [0.29, 0.717) is 0 Å². The average molecular weight is 292 g/mol. The normalized spacial score (nSPS) is 12.0. The highest BCUT2D eigenvalue weighted by atomic mass is 35.5. The SMILES string of the molecule is Cc1ccc([C@H](C)NC(=O)c2ccc(Cl)cc2F)cc1. The number of carbonyl (C=O) groups is 1. The van der Waals surface area contributed by atoms with E-state index in [9.17, 15) is 9.18 Å². The van der Waals surface area contributed by atoms with Crippen LogP contribution in [0.5, 0.6) is 0 Å². The molecular weight excluding hydrogens is 277 g/mol. The summed E-state index contributed by atoms with van der Waals surface area (Å²) in [6, 6.07) is 11.6. The van der Waals surface area contributed by atoms with E-state index in [4.69, 9.17) is 11.6 Å². The third kappa shape index (κ3) is 3.36. The Bertz CT molecular complexity index is 625. The molecule has 0 fully saturated rings. The van der Waals surface area contributed by atoms with E-state index in [2.05, 4.69) is 5.32 Å². The first kappa shape index (κ1) is 14.5. The van der Waals surface area contributed by atoms with E-state index in [-0.39, 0.29) is 16.6 Å². The lowest BCUT2D eigenvalue weighted by Gasteiger charge is -2.15. The molecule has 1 amide bonds. The van der Waals surface area contributed by atoms with Gasteiger partial charge in [0.25, 0.3) is 5.91 Å². The number of aryl methyl sites for hydroxylation is 1. The van der Waals surface area contributed by atoms with Crippen molar-refractivity contribution < 1.29 is 9.18 Å². The van der Waals surface area contributed by atoms with Crippen LogP contribution in [0, 0.1) is 12.7 Å². The van der Waals surface area contributed by atoms with Gasteiger partial charge in [0.1, 0.15) is 5.82 Å². The molecule has 0 spiro atoms.